The fourth-order valence-electron chi connectivity index (χ4n) is 2.37. The van der Waals surface area contributed by atoms with Crippen LogP contribution >= 0.6 is 22.6 Å². The van der Waals surface area contributed by atoms with E-state index < -0.39 is 0 Å². The molecule has 0 unspecified atom stereocenters. The van der Waals surface area contributed by atoms with Crippen LogP contribution in [-0.2, 0) is 6.54 Å². The molecule has 1 aliphatic heterocycles. The predicted molar refractivity (Wildman–Crippen MR) is 92.4 cm³/mol. The summed E-state index contributed by atoms with van der Waals surface area (Å²) in [6, 6.07) is 13.4. The lowest BCUT2D eigenvalue weighted by molar-refractivity contribution is 0.0784. The first-order chi connectivity index (χ1) is 10.6. The van der Waals surface area contributed by atoms with Crippen LogP contribution in [0, 0.1) is 3.57 Å². The van der Waals surface area contributed by atoms with Crippen molar-refractivity contribution in [3.63, 3.8) is 0 Å². The minimum Gasteiger partial charge on any atom is -0.486 e. The second-order valence-corrected chi connectivity index (χ2v) is 6.40. The number of halogens is 1. The molecule has 2 aromatic rings. The number of carbonyl (C=O) groups is 1. The SMILES string of the molecule is CN(Cc1ccc2c(c1)OCCO2)C(=O)c1cccc(I)c1. The topological polar surface area (TPSA) is 38.8 Å². The van der Waals surface area contributed by atoms with E-state index in [0.29, 0.717) is 25.3 Å². The number of carbonyl (C=O) groups excluding carboxylic acids is 1. The largest absolute Gasteiger partial charge is 0.486 e. The Morgan fingerprint density at radius 2 is 1.91 bits per heavy atom. The van der Waals surface area contributed by atoms with E-state index in [1.807, 2.05) is 42.5 Å². The van der Waals surface area contributed by atoms with E-state index in [1.165, 1.54) is 0 Å². The van der Waals surface area contributed by atoms with Gasteiger partial charge in [0.2, 0.25) is 0 Å². The Morgan fingerprint density at radius 3 is 2.68 bits per heavy atom. The molecule has 0 radical (unpaired) electrons. The Hall–Kier alpha value is -1.76. The van der Waals surface area contributed by atoms with E-state index >= 15 is 0 Å². The lowest BCUT2D eigenvalue weighted by Crippen LogP contribution is -2.26. The van der Waals surface area contributed by atoms with Gasteiger partial charge in [-0.2, -0.15) is 0 Å². The smallest absolute Gasteiger partial charge is 0.253 e. The summed E-state index contributed by atoms with van der Waals surface area (Å²) >= 11 is 2.21. The van der Waals surface area contributed by atoms with Gasteiger partial charge in [0, 0.05) is 22.7 Å². The molecule has 2 aromatic carbocycles. The van der Waals surface area contributed by atoms with Gasteiger partial charge in [0.05, 0.1) is 0 Å². The van der Waals surface area contributed by atoms with E-state index in [4.69, 9.17) is 9.47 Å². The number of hydrogen-bond acceptors (Lipinski definition) is 3. The van der Waals surface area contributed by atoms with Crippen molar-refractivity contribution < 1.29 is 14.3 Å². The first-order valence-corrected chi connectivity index (χ1v) is 8.11. The molecular weight excluding hydrogens is 393 g/mol. The van der Waals surface area contributed by atoms with Gasteiger partial charge in [0.25, 0.3) is 5.91 Å². The number of benzene rings is 2. The molecule has 0 spiro atoms. The van der Waals surface area contributed by atoms with Gasteiger partial charge in [-0.05, 0) is 58.5 Å². The van der Waals surface area contributed by atoms with Gasteiger partial charge < -0.3 is 14.4 Å². The van der Waals surface area contributed by atoms with Crippen LogP contribution < -0.4 is 9.47 Å². The monoisotopic (exact) mass is 409 g/mol. The van der Waals surface area contributed by atoms with Gasteiger partial charge in [0.1, 0.15) is 13.2 Å². The first-order valence-electron chi connectivity index (χ1n) is 7.03. The molecule has 0 saturated heterocycles. The van der Waals surface area contributed by atoms with Crippen LogP contribution in [0.3, 0.4) is 0 Å². The van der Waals surface area contributed by atoms with Crippen LogP contribution in [0.5, 0.6) is 11.5 Å². The van der Waals surface area contributed by atoms with Crippen LogP contribution in [0.2, 0.25) is 0 Å². The molecule has 1 amide bonds. The number of fused-ring (bicyclic) bond motifs is 1. The molecule has 0 N–H and O–H groups in total. The normalized spacial score (nSPS) is 12.8. The average Bonchev–Trinajstić information content (AvgIpc) is 2.54. The maximum absolute atomic E-state index is 12.5. The molecule has 22 heavy (non-hydrogen) atoms. The van der Waals surface area contributed by atoms with Gasteiger partial charge in [-0.3, -0.25) is 4.79 Å². The average molecular weight is 409 g/mol. The molecule has 4 nitrogen and oxygen atoms in total. The highest BCUT2D eigenvalue weighted by Crippen LogP contribution is 2.31. The second kappa shape index (κ2) is 6.56. The zero-order chi connectivity index (χ0) is 15.5. The Balaban J connectivity index is 1.73. The van der Waals surface area contributed by atoms with Crippen LogP contribution in [0.1, 0.15) is 15.9 Å². The van der Waals surface area contributed by atoms with Gasteiger partial charge in [0.15, 0.2) is 11.5 Å². The van der Waals surface area contributed by atoms with Crippen molar-refractivity contribution in [2.75, 3.05) is 20.3 Å². The second-order valence-electron chi connectivity index (χ2n) is 5.15. The first kappa shape index (κ1) is 15.1. The Labute approximate surface area is 143 Å². The number of rotatable bonds is 3. The molecule has 0 fully saturated rings. The Kier molecular flexibility index (Phi) is 4.52. The minimum atomic E-state index is 0.00778. The molecule has 0 aromatic heterocycles. The zero-order valence-corrected chi connectivity index (χ0v) is 14.4. The summed E-state index contributed by atoms with van der Waals surface area (Å²) in [6.45, 7) is 1.67. The van der Waals surface area contributed by atoms with E-state index in [-0.39, 0.29) is 5.91 Å². The maximum Gasteiger partial charge on any atom is 0.253 e. The third-order valence-corrected chi connectivity index (χ3v) is 4.12. The number of hydrogen-bond donors (Lipinski definition) is 0. The molecule has 0 atom stereocenters. The number of nitrogens with zero attached hydrogens (tertiary/aromatic N) is 1. The number of ether oxygens (including phenoxy) is 2. The van der Waals surface area contributed by atoms with Gasteiger partial charge >= 0.3 is 0 Å². The van der Waals surface area contributed by atoms with Crippen molar-refractivity contribution in [3.05, 3.63) is 57.2 Å². The molecule has 5 heteroatoms. The molecular formula is C17H16INO3. The van der Waals surface area contributed by atoms with Crippen molar-refractivity contribution in [2.45, 2.75) is 6.54 Å². The number of amides is 1. The molecule has 1 heterocycles. The molecule has 114 valence electrons. The van der Waals surface area contributed by atoms with Crippen LogP contribution in [0.4, 0.5) is 0 Å². The lowest BCUT2D eigenvalue weighted by Gasteiger charge is -2.21. The van der Waals surface area contributed by atoms with E-state index in [9.17, 15) is 4.79 Å². The summed E-state index contributed by atoms with van der Waals surface area (Å²) in [5, 5.41) is 0. The van der Waals surface area contributed by atoms with E-state index in [1.54, 1.807) is 11.9 Å². The molecule has 1 aliphatic rings. The summed E-state index contributed by atoms with van der Waals surface area (Å²) in [5.74, 6) is 1.52. The van der Waals surface area contributed by atoms with Gasteiger partial charge in [-0.25, -0.2) is 0 Å². The van der Waals surface area contributed by atoms with Crippen molar-refractivity contribution in [2.24, 2.45) is 0 Å². The third-order valence-electron chi connectivity index (χ3n) is 3.44. The summed E-state index contributed by atoms with van der Waals surface area (Å²) in [6.07, 6.45) is 0. The third kappa shape index (κ3) is 3.35. The molecule has 0 aliphatic carbocycles. The van der Waals surface area contributed by atoms with E-state index in [2.05, 4.69) is 22.6 Å². The van der Waals surface area contributed by atoms with Crippen molar-refractivity contribution in [1.29, 1.82) is 0 Å². The standard InChI is InChI=1S/C17H16INO3/c1-19(17(20)13-3-2-4-14(18)10-13)11-12-5-6-15-16(9-12)22-8-7-21-15/h2-6,9-10H,7-8,11H2,1H3. The van der Waals surface area contributed by atoms with Crippen molar-refractivity contribution >= 4 is 28.5 Å². The summed E-state index contributed by atoms with van der Waals surface area (Å²) < 4.78 is 12.1. The Morgan fingerprint density at radius 1 is 1.14 bits per heavy atom. The quantitative estimate of drug-likeness (QED) is 0.731. The van der Waals surface area contributed by atoms with Crippen LogP contribution in [-0.4, -0.2) is 31.1 Å². The summed E-state index contributed by atoms with van der Waals surface area (Å²) in [7, 11) is 1.80. The molecule has 3 rings (SSSR count). The van der Waals surface area contributed by atoms with Crippen LogP contribution in [0.25, 0.3) is 0 Å². The molecule has 0 saturated carbocycles. The van der Waals surface area contributed by atoms with Gasteiger partial charge in [-0.15, -0.1) is 0 Å². The van der Waals surface area contributed by atoms with Crippen molar-refractivity contribution in [1.82, 2.24) is 4.90 Å². The maximum atomic E-state index is 12.5. The molecule has 0 bridgehead atoms. The highest BCUT2D eigenvalue weighted by molar-refractivity contribution is 14.1. The zero-order valence-electron chi connectivity index (χ0n) is 12.2. The van der Waals surface area contributed by atoms with Crippen LogP contribution in [0.15, 0.2) is 42.5 Å². The fraction of sp³-hybridized carbons (Fsp3) is 0.235. The summed E-state index contributed by atoms with van der Waals surface area (Å²) in [4.78, 5) is 14.2. The minimum absolute atomic E-state index is 0.00778. The predicted octanol–water partition coefficient (Wildman–Crippen LogP) is 3.33. The van der Waals surface area contributed by atoms with E-state index in [0.717, 1.165) is 20.6 Å². The fourth-order valence-corrected chi connectivity index (χ4v) is 2.92. The summed E-state index contributed by atoms with van der Waals surface area (Å²) in [5.41, 5.74) is 1.72. The highest BCUT2D eigenvalue weighted by Gasteiger charge is 2.15. The van der Waals surface area contributed by atoms with Gasteiger partial charge in [-0.1, -0.05) is 12.1 Å². The highest BCUT2D eigenvalue weighted by atomic mass is 127. The van der Waals surface area contributed by atoms with Crippen molar-refractivity contribution in [3.8, 4) is 11.5 Å². The lowest BCUT2D eigenvalue weighted by atomic mass is 10.1. The Bertz CT molecular complexity index is 702.